The van der Waals surface area contributed by atoms with Crippen molar-refractivity contribution in [2.24, 2.45) is 0 Å². The number of aliphatic carboxylic acids is 1. The van der Waals surface area contributed by atoms with Gasteiger partial charge in [0.25, 0.3) is 5.91 Å². The van der Waals surface area contributed by atoms with Gasteiger partial charge in [0.05, 0.1) is 24.2 Å². The molecule has 0 radical (unpaired) electrons. The largest absolute Gasteiger partial charge is 0.480 e. The van der Waals surface area contributed by atoms with E-state index < -0.39 is 24.0 Å². The zero-order valence-electron chi connectivity index (χ0n) is 24.1. The molecule has 0 fully saturated rings. The Morgan fingerprint density at radius 1 is 0.955 bits per heavy atom. The van der Waals surface area contributed by atoms with E-state index in [1.54, 1.807) is 55.6 Å². The third-order valence-electron chi connectivity index (χ3n) is 6.51. The molecule has 1 atom stereocenters. The zero-order chi connectivity index (χ0) is 31.3. The third kappa shape index (κ3) is 9.51. The van der Waals surface area contributed by atoms with Crippen LogP contribution in [-0.2, 0) is 34.0 Å². The van der Waals surface area contributed by atoms with Crippen molar-refractivity contribution in [2.45, 2.75) is 25.7 Å². The fourth-order valence-corrected chi connectivity index (χ4v) is 4.45. The van der Waals surface area contributed by atoms with E-state index in [9.17, 15) is 19.5 Å². The van der Waals surface area contributed by atoms with Crippen LogP contribution in [0.4, 0.5) is 4.79 Å². The van der Waals surface area contributed by atoms with E-state index in [1.165, 1.54) is 0 Å². The molecular formula is C31H34N6O6S. The topological polar surface area (TPSA) is 158 Å². The van der Waals surface area contributed by atoms with E-state index in [1.807, 2.05) is 35.2 Å². The second kappa shape index (κ2) is 16.0. The van der Waals surface area contributed by atoms with Gasteiger partial charge in [-0.25, -0.2) is 14.6 Å². The van der Waals surface area contributed by atoms with Crippen molar-refractivity contribution in [3.05, 3.63) is 101 Å². The van der Waals surface area contributed by atoms with Gasteiger partial charge in [0.15, 0.2) is 5.11 Å². The maximum Gasteiger partial charge on any atom is 0.408 e. The molecule has 5 N–H and O–H groups in total. The monoisotopic (exact) mass is 618 g/mol. The Hall–Kier alpha value is -5.01. The smallest absolute Gasteiger partial charge is 0.408 e. The van der Waals surface area contributed by atoms with E-state index in [-0.39, 0.29) is 13.2 Å². The average molecular weight is 619 g/mol. The number of amides is 2. The number of hydrogen-bond acceptors (Lipinski definition) is 7. The molecule has 4 rings (SSSR count). The molecule has 2 amide bonds. The lowest BCUT2D eigenvalue weighted by Gasteiger charge is -2.25. The SMILES string of the molecule is COCCNC(=S)N(Cc1ccc(C(=O)NC[C@H](NC(=O)OCc2ccccc2)C(=O)O)cc1)Cc1nc2ccccc2[nH]1. The number of hydrogen-bond donors (Lipinski definition) is 5. The summed E-state index contributed by atoms with van der Waals surface area (Å²) >= 11 is 5.65. The first-order valence-electron chi connectivity index (χ1n) is 13.8. The molecule has 0 aliphatic carbocycles. The summed E-state index contributed by atoms with van der Waals surface area (Å²) in [5.41, 5.74) is 3.77. The summed E-state index contributed by atoms with van der Waals surface area (Å²) in [6.45, 7) is 1.56. The normalized spacial score (nSPS) is 11.4. The molecule has 0 saturated carbocycles. The molecule has 0 saturated heterocycles. The van der Waals surface area contributed by atoms with Gasteiger partial charge in [-0.1, -0.05) is 54.6 Å². The number of nitrogens with one attached hydrogen (secondary N) is 4. The Balaban J connectivity index is 1.33. The van der Waals surface area contributed by atoms with Crippen LogP contribution in [0.1, 0.15) is 27.3 Å². The van der Waals surface area contributed by atoms with E-state index >= 15 is 0 Å². The quantitative estimate of drug-likeness (QED) is 0.105. The third-order valence-corrected chi connectivity index (χ3v) is 6.91. The van der Waals surface area contributed by atoms with E-state index in [4.69, 9.17) is 21.7 Å². The number of imidazole rings is 1. The number of para-hydroxylation sites is 2. The van der Waals surface area contributed by atoms with E-state index in [2.05, 4.69) is 25.9 Å². The number of alkyl carbamates (subject to hydrolysis) is 1. The summed E-state index contributed by atoms with van der Waals surface area (Å²) in [7, 11) is 1.62. The molecule has 1 heterocycles. The summed E-state index contributed by atoms with van der Waals surface area (Å²) in [6, 6.07) is 22.3. The minimum absolute atomic E-state index is 0.0125. The molecule has 4 aromatic rings. The molecule has 44 heavy (non-hydrogen) atoms. The molecule has 0 aliphatic rings. The second-order valence-corrected chi connectivity index (χ2v) is 10.2. The highest BCUT2D eigenvalue weighted by Gasteiger charge is 2.22. The number of nitrogens with zero attached hydrogens (tertiary/aromatic N) is 2. The average Bonchev–Trinajstić information content (AvgIpc) is 3.45. The van der Waals surface area contributed by atoms with Gasteiger partial charge in [-0.3, -0.25) is 4.79 Å². The van der Waals surface area contributed by atoms with Gasteiger partial charge in [0, 0.05) is 32.3 Å². The maximum atomic E-state index is 12.8. The summed E-state index contributed by atoms with van der Waals surface area (Å²) in [4.78, 5) is 46.5. The molecule has 13 heteroatoms. The van der Waals surface area contributed by atoms with Crippen LogP contribution in [0.3, 0.4) is 0 Å². The lowest BCUT2D eigenvalue weighted by atomic mass is 10.1. The van der Waals surface area contributed by atoms with Crippen molar-refractivity contribution in [1.82, 2.24) is 30.8 Å². The van der Waals surface area contributed by atoms with Gasteiger partial charge in [-0.15, -0.1) is 0 Å². The number of aromatic amines is 1. The standard InChI is InChI=1S/C31H34N6O6S/c1-42-16-15-32-30(44)37(19-27-34-24-9-5-6-10-25(24)35-27)18-21-11-13-23(14-12-21)28(38)33-17-26(29(39)40)36-31(41)43-20-22-7-3-2-4-8-22/h2-14,26H,15-20H2,1H3,(H,32,44)(H,33,38)(H,34,35)(H,36,41)(H,39,40)/t26-/m0/s1. The molecule has 0 bridgehead atoms. The molecule has 0 aliphatic heterocycles. The number of carboxylic acids is 1. The summed E-state index contributed by atoms with van der Waals surface area (Å²) in [5, 5.41) is 18.1. The Labute approximate surface area is 259 Å². The number of fused-ring (bicyclic) bond motifs is 1. The Morgan fingerprint density at radius 2 is 1.68 bits per heavy atom. The molecule has 3 aromatic carbocycles. The van der Waals surface area contributed by atoms with Crippen LogP contribution in [0, 0.1) is 0 Å². The summed E-state index contributed by atoms with van der Waals surface area (Å²) in [6.07, 6.45) is -0.901. The first kappa shape index (κ1) is 31.9. The van der Waals surface area contributed by atoms with Crippen LogP contribution in [0.25, 0.3) is 11.0 Å². The number of carbonyl (C=O) groups is 3. The van der Waals surface area contributed by atoms with Crippen LogP contribution < -0.4 is 16.0 Å². The van der Waals surface area contributed by atoms with Crippen LogP contribution in [-0.4, -0.2) is 75.9 Å². The first-order valence-corrected chi connectivity index (χ1v) is 14.3. The number of carboxylic acid groups (broad SMARTS) is 1. The molecule has 0 spiro atoms. The molecular weight excluding hydrogens is 584 g/mol. The van der Waals surface area contributed by atoms with Crippen molar-refractivity contribution >= 4 is 46.3 Å². The van der Waals surface area contributed by atoms with Gasteiger partial charge in [-0.2, -0.15) is 0 Å². The van der Waals surface area contributed by atoms with Gasteiger partial charge in [-0.05, 0) is 47.6 Å². The molecule has 12 nitrogen and oxygen atoms in total. The number of ether oxygens (including phenoxy) is 2. The molecule has 230 valence electrons. The van der Waals surface area contributed by atoms with Crippen molar-refractivity contribution in [3.8, 4) is 0 Å². The molecule has 0 unspecified atom stereocenters. The van der Waals surface area contributed by atoms with Crippen LogP contribution in [0.5, 0.6) is 0 Å². The van der Waals surface area contributed by atoms with Gasteiger partial charge >= 0.3 is 12.1 Å². The predicted molar refractivity (Wildman–Crippen MR) is 168 cm³/mol. The summed E-state index contributed by atoms with van der Waals surface area (Å²) < 4.78 is 10.2. The number of methoxy groups -OCH3 is 1. The minimum Gasteiger partial charge on any atom is -0.480 e. The van der Waals surface area contributed by atoms with Crippen molar-refractivity contribution in [3.63, 3.8) is 0 Å². The van der Waals surface area contributed by atoms with Crippen molar-refractivity contribution in [1.29, 1.82) is 0 Å². The summed E-state index contributed by atoms with van der Waals surface area (Å²) in [5.74, 6) is -1.04. The Bertz CT molecular complexity index is 1530. The van der Waals surface area contributed by atoms with Crippen molar-refractivity contribution < 1.29 is 29.0 Å². The van der Waals surface area contributed by atoms with E-state index in [0.29, 0.717) is 36.9 Å². The van der Waals surface area contributed by atoms with Gasteiger partial charge in [0.1, 0.15) is 18.5 Å². The van der Waals surface area contributed by atoms with Crippen LogP contribution in [0.15, 0.2) is 78.9 Å². The van der Waals surface area contributed by atoms with E-state index in [0.717, 1.165) is 28.0 Å². The lowest BCUT2D eigenvalue weighted by molar-refractivity contribution is -0.139. The fraction of sp³-hybridized carbons (Fsp3) is 0.258. The fourth-order valence-electron chi connectivity index (χ4n) is 4.22. The molecule has 1 aromatic heterocycles. The van der Waals surface area contributed by atoms with Crippen LogP contribution >= 0.6 is 12.2 Å². The zero-order valence-corrected chi connectivity index (χ0v) is 24.9. The second-order valence-electron chi connectivity index (χ2n) is 9.79. The highest BCUT2D eigenvalue weighted by molar-refractivity contribution is 7.80. The number of thiocarbonyl (C=S) groups is 1. The number of H-pyrrole nitrogens is 1. The van der Waals surface area contributed by atoms with Gasteiger partial charge in [0.2, 0.25) is 0 Å². The number of aromatic nitrogens is 2. The Kier molecular flexibility index (Phi) is 11.6. The Morgan fingerprint density at radius 3 is 2.39 bits per heavy atom. The van der Waals surface area contributed by atoms with Gasteiger partial charge < -0.3 is 40.4 Å². The lowest BCUT2D eigenvalue weighted by Crippen LogP contribution is -2.48. The highest BCUT2D eigenvalue weighted by atomic mass is 32.1. The van der Waals surface area contributed by atoms with Crippen LogP contribution in [0.2, 0.25) is 0 Å². The number of benzene rings is 3. The minimum atomic E-state index is -1.38. The first-order chi connectivity index (χ1) is 21.3. The maximum absolute atomic E-state index is 12.8. The predicted octanol–water partition coefficient (Wildman–Crippen LogP) is 3.20. The number of carbonyl (C=O) groups excluding carboxylic acids is 2. The highest BCUT2D eigenvalue weighted by Crippen LogP contribution is 2.15. The van der Waals surface area contributed by atoms with Crippen molar-refractivity contribution in [2.75, 3.05) is 26.8 Å². The number of rotatable bonds is 14.